The summed E-state index contributed by atoms with van der Waals surface area (Å²) in [6, 6.07) is 13.6. The number of aromatic nitrogens is 2. The predicted molar refractivity (Wildman–Crippen MR) is 112 cm³/mol. The minimum Gasteiger partial charge on any atom is -0.468 e. The van der Waals surface area contributed by atoms with E-state index < -0.39 is 5.97 Å². The molecule has 0 unspecified atom stereocenters. The Balaban J connectivity index is 1.94. The fourth-order valence-corrected chi connectivity index (χ4v) is 5.30. The number of rotatable bonds is 3. The van der Waals surface area contributed by atoms with Crippen LogP contribution in [0.1, 0.15) is 5.69 Å². The summed E-state index contributed by atoms with van der Waals surface area (Å²) < 4.78 is 7.47. The zero-order valence-electron chi connectivity index (χ0n) is 15.3. The Bertz CT molecular complexity index is 1220. The number of ether oxygens (including phenoxy) is 1. The monoisotopic (exact) mass is 411 g/mol. The van der Waals surface area contributed by atoms with Crippen molar-refractivity contribution in [3.63, 3.8) is 0 Å². The van der Waals surface area contributed by atoms with E-state index in [4.69, 9.17) is 4.74 Å². The number of hydrogen-bond donors (Lipinski definition) is 0. The van der Waals surface area contributed by atoms with Crippen LogP contribution in [0.4, 0.5) is 5.69 Å². The lowest BCUT2D eigenvalue weighted by Gasteiger charge is -2.11. The number of fused-ring (bicyclic) bond motifs is 1. The van der Waals surface area contributed by atoms with Crippen molar-refractivity contribution in [3.8, 4) is 0 Å². The van der Waals surface area contributed by atoms with Crippen molar-refractivity contribution >= 4 is 45.9 Å². The van der Waals surface area contributed by atoms with Crippen molar-refractivity contribution in [2.24, 2.45) is 0 Å². The van der Waals surface area contributed by atoms with Gasteiger partial charge in [-0.1, -0.05) is 30.0 Å². The van der Waals surface area contributed by atoms with Gasteiger partial charge in [-0.25, -0.2) is 0 Å². The molecule has 0 radical (unpaired) electrons. The van der Waals surface area contributed by atoms with Crippen LogP contribution in [0.5, 0.6) is 0 Å². The van der Waals surface area contributed by atoms with Crippen molar-refractivity contribution in [2.75, 3.05) is 19.1 Å². The number of anilines is 1. The number of carbonyl (C=O) groups excluding carboxylic acids is 1. The molecule has 3 aromatic rings. The van der Waals surface area contributed by atoms with Crippen molar-refractivity contribution < 1.29 is 9.53 Å². The van der Waals surface area contributed by atoms with Gasteiger partial charge in [0.15, 0.2) is 0 Å². The number of nitrogens with zero attached hydrogens (tertiary/aromatic N) is 3. The first-order valence-electron chi connectivity index (χ1n) is 8.52. The largest absolute Gasteiger partial charge is 0.468 e. The Morgan fingerprint density at radius 2 is 2.00 bits per heavy atom. The Labute approximate surface area is 169 Å². The average Bonchev–Trinajstić information content (AvgIpc) is 3.20. The Morgan fingerprint density at radius 3 is 2.71 bits per heavy atom. The Morgan fingerprint density at radius 1 is 1.21 bits per heavy atom. The van der Waals surface area contributed by atoms with Crippen LogP contribution in [-0.4, -0.2) is 29.7 Å². The van der Waals surface area contributed by atoms with Crippen LogP contribution in [0.3, 0.4) is 0 Å². The first-order valence-corrected chi connectivity index (χ1v) is 10.2. The fraction of sp³-hybridized carbons (Fsp3) is 0.150. The van der Waals surface area contributed by atoms with Crippen molar-refractivity contribution in [1.82, 2.24) is 9.55 Å². The number of thioether (sulfide) groups is 1. The zero-order chi connectivity index (χ0) is 19.7. The van der Waals surface area contributed by atoms with Gasteiger partial charge in [0.2, 0.25) is 0 Å². The third-order valence-corrected chi connectivity index (χ3v) is 6.80. The minimum absolute atomic E-state index is 0.140. The molecule has 4 rings (SSSR count). The van der Waals surface area contributed by atoms with E-state index in [1.807, 2.05) is 60.5 Å². The molecule has 0 fully saturated rings. The molecular weight excluding hydrogens is 394 g/mol. The Kier molecular flexibility index (Phi) is 5.06. The van der Waals surface area contributed by atoms with Gasteiger partial charge in [-0.3, -0.25) is 19.1 Å². The first kappa shape index (κ1) is 18.5. The highest BCUT2D eigenvalue weighted by molar-refractivity contribution is 8.08. The molecule has 1 aromatic carbocycles. The minimum atomic E-state index is -0.470. The van der Waals surface area contributed by atoms with E-state index in [0.717, 1.165) is 21.3 Å². The van der Waals surface area contributed by atoms with Crippen molar-refractivity contribution in [1.29, 1.82) is 0 Å². The topological polar surface area (TPSA) is 64.4 Å². The molecule has 0 aliphatic carbocycles. The van der Waals surface area contributed by atoms with Gasteiger partial charge in [0.25, 0.3) is 5.56 Å². The molecular formula is C20H17N3O3S2. The Hall–Kier alpha value is -2.84. The molecule has 6 nitrogen and oxygen atoms in total. The number of pyridine rings is 1. The standard InChI is InChI=1S/C20H17N3O3S2/c1-22-14-8-3-4-9-15(14)27-20(22)18-19(25)23(12-17(24)26-2)16(28-18)11-13-7-5-6-10-21-13/h3-11H,12H2,1-2H3/b16-11-,20-18+. The van der Waals surface area contributed by atoms with E-state index in [-0.39, 0.29) is 12.1 Å². The van der Waals surface area contributed by atoms with Gasteiger partial charge in [-0.2, -0.15) is 0 Å². The van der Waals surface area contributed by atoms with Crippen LogP contribution >= 0.6 is 23.1 Å². The smallest absolute Gasteiger partial charge is 0.325 e. The molecule has 0 spiro atoms. The second-order valence-electron chi connectivity index (χ2n) is 6.07. The summed E-state index contributed by atoms with van der Waals surface area (Å²) in [5.41, 5.74) is 1.57. The van der Waals surface area contributed by atoms with E-state index in [0.29, 0.717) is 9.20 Å². The summed E-state index contributed by atoms with van der Waals surface area (Å²) in [4.78, 5) is 32.5. The van der Waals surface area contributed by atoms with Gasteiger partial charge in [0.1, 0.15) is 20.8 Å². The molecule has 0 N–H and O–H groups in total. The van der Waals surface area contributed by atoms with E-state index in [1.165, 1.54) is 23.0 Å². The SMILES string of the molecule is COC(=O)Cn1c(=O)/c(=C2\Sc3ccccc3N2C)s/c1=C\c1ccccn1. The molecule has 0 amide bonds. The lowest BCUT2D eigenvalue weighted by Crippen LogP contribution is -2.36. The van der Waals surface area contributed by atoms with Gasteiger partial charge in [-0.05, 0) is 30.3 Å². The molecule has 142 valence electrons. The van der Waals surface area contributed by atoms with E-state index in [2.05, 4.69) is 4.98 Å². The number of hydrogen-bond acceptors (Lipinski definition) is 7. The van der Waals surface area contributed by atoms with E-state index in [1.54, 1.807) is 18.0 Å². The molecule has 3 heterocycles. The quantitative estimate of drug-likeness (QED) is 0.611. The third-order valence-electron chi connectivity index (χ3n) is 4.32. The molecule has 1 aliphatic rings. The predicted octanol–water partition coefficient (Wildman–Crippen LogP) is 1.61. The summed E-state index contributed by atoms with van der Waals surface area (Å²) in [6.07, 6.45) is 3.50. The molecule has 0 bridgehead atoms. The van der Waals surface area contributed by atoms with Gasteiger partial charge in [0, 0.05) is 18.1 Å². The van der Waals surface area contributed by atoms with Gasteiger partial charge >= 0.3 is 5.97 Å². The maximum atomic E-state index is 13.2. The van der Waals surface area contributed by atoms with Gasteiger partial charge in [0.05, 0.1) is 18.5 Å². The maximum absolute atomic E-state index is 13.2. The molecule has 0 saturated carbocycles. The summed E-state index contributed by atoms with van der Waals surface area (Å²) >= 11 is 2.91. The summed E-state index contributed by atoms with van der Waals surface area (Å²) in [5, 5.41) is 0.857. The molecule has 0 atom stereocenters. The maximum Gasteiger partial charge on any atom is 0.325 e. The van der Waals surface area contributed by atoms with Crippen LogP contribution in [-0.2, 0) is 16.1 Å². The number of benzene rings is 1. The van der Waals surface area contributed by atoms with Gasteiger partial charge < -0.3 is 9.64 Å². The molecule has 28 heavy (non-hydrogen) atoms. The van der Waals surface area contributed by atoms with Crippen molar-refractivity contribution in [3.05, 3.63) is 73.9 Å². The van der Waals surface area contributed by atoms with E-state index >= 15 is 0 Å². The third kappa shape index (κ3) is 3.36. The lowest BCUT2D eigenvalue weighted by atomic mass is 10.3. The highest BCUT2D eigenvalue weighted by Gasteiger charge is 2.24. The second kappa shape index (κ2) is 7.65. The van der Waals surface area contributed by atoms with Crippen LogP contribution < -0.4 is 19.7 Å². The highest BCUT2D eigenvalue weighted by atomic mass is 32.2. The highest BCUT2D eigenvalue weighted by Crippen LogP contribution is 2.44. The number of esters is 1. The average molecular weight is 412 g/mol. The van der Waals surface area contributed by atoms with Crippen molar-refractivity contribution in [2.45, 2.75) is 11.4 Å². The van der Waals surface area contributed by atoms with E-state index in [9.17, 15) is 9.59 Å². The normalized spacial score (nSPS) is 15.6. The van der Waals surface area contributed by atoms with Crippen LogP contribution in [0.2, 0.25) is 0 Å². The van der Waals surface area contributed by atoms with Crippen LogP contribution in [0, 0.1) is 0 Å². The number of methoxy groups -OCH3 is 1. The number of para-hydroxylation sites is 1. The molecule has 1 aliphatic heterocycles. The number of thiazole rings is 1. The summed E-state index contributed by atoms with van der Waals surface area (Å²) in [6.45, 7) is -0.140. The molecule has 0 saturated heterocycles. The van der Waals surface area contributed by atoms with Crippen LogP contribution in [0.25, 0.3) is 11.1 Å². The fourth-order valence-electron chi connectivity index (χ4n) is 2.90. The number of carbonyl (C=O) groups is 1. The second-order valence-corrected chi connectivity index (χ2v) is 8.13. The molecule has 2 aromatic heterocycles. The first-order chi connectivity index (χ1) is 13.6. The lowest BCUT2D eigenvalue weighted by molar-refractivity contribution is -0.141. The van der Waals surface area contributed by atoms with Gasteiger partial charge in [-0.15, -0.1) is 11.3 Å². The molecule has 8 heteroatoms. The summed E-state index contributed by atoms with van der Waals surface area (Å²) in [7, 11) is 3.26. The summed E-state index contributed by atoms with van der Waals surface area (Å²) in [5.74, 6) is -0.470. The zero-order valence-corrected chi connectivity index (χ0v) is 16.9. The van der Waals surface area contributed by atoms with Crippen LogP contribution in [0.15, 0.2) is 58.4 Å².